The van der Waals surface area contributed by atoms with Crippen molar-refractivity contribution in [2.24, 2.45) is 0 Å². The van der Waals surface area contributed by atoms with E-state index < -0.39 is 0 Å². The van der Waals surface area contributed by atoms with E-state index in [2.05, 4.69) is 16.1 Å². The molecule has 0 aromatic carbocycles. The Labute approximate surface area is 83.8 Å². The molecule has 0 N–H and O–H groups in total. The summed E-state index contributed by atoms with van der Waals surface area (Å²) in [6.45, 7) is 0. The van der Waals surface area contributed by atoms with Gasteiger partial charge in [0.15, 0.2) is 0 Å². The first-order valence-corrected chi connectivity index (χ1v) is 3.28. The van der Waals surface area contributed by atoms with Crippen LogP contribution in [0.25, 0.3) is 5.69 Å². The van der Waals surface area contributed by atoms with E-state index in [0.29, 0.717) is 0 Å². The van der Waals surface area contributed by atoms with Crippen molar-refractivity contribution in [1.82, 2.24) is 14.8 Å². The van der Waals surface area contributed by atoms with Gasteiger partial charge in [0.2, 0.25) is 0 Å². The number of rotatable bonds is 1. The first kappa shape index (κ1) is 9.10. The zero-order chi connectivity index (χ0) is 7.52. The van der Waals surface area contributed by atoms with Crippen molar-refractivity contribution in [3.63, 3.8) is 0 Å². The minimum atomic E-state index is 0. The summed E-state index contributed by atoms with van der Waals surface area (Å²) in [5.41, 5.74) is 0.859. The van der Waals surface area contributed by atoms with Gasteiger partial charge in [0.25, 0.3) is 0 Å². The maximum absolute atomic E-state index is 4.03. The van der Waals surface area contributed by atoms with Crippen LogP contribution in [0.5, 0.6) is 0 Å². The van der Waals surface area contributed by atoms with E-state index in [1.165, 1.54) is 0 Å². The van der Waals surface area contributed by atoms with Gasteiger partial charge in [-0.25, -0.2) is 0 Å². The molecule has 12 heavy (non-hydrogen) atoms. The van der Waals surface area contributed by atoms with Crippen LogP contribution in [0.3, 0.4) is 0 Å². The third-order valence-corrected chi connectivity index (χ3v) is 1.34. The molecule has 0 amide bonds. The molecule has 0 aliphatic heterocycles. The van der Waals surface area contributed by atoms with Gasteiger partial charge in [0.05, 0.1) is 0 Å². The fourth-order valence-corrected chi connectivity index (χ4v) is 0.853. The molecule has 0 fully saturated rings. The smallest absolute Gasteiger partial charge is 0.0493 e. The molecular weight excluding hydrogens is 330 g/mol. The summed E-state index contributed by atoms with van der Waals surface area (Å²) in [6, 6.07) is 6.63. The minimum Gasteiger partial charge on any atom is -0.389 e. The molecule has 0 saturated carbocycles. The second kappa shape index (κ2) is 4.14. The summed E-state index contributed by atoms with van der Waals surface area (Å²) in [4.78, 5) is 3.95. The van der Waals surface area contributed by atoms with E-state index in [1.807, 2.05) is 12.3 Å². The van der Waals surface area contributed by atoms with Gasteiger partial charge in [0.1, 0.15) is 0 Å². The topological polar surface area (TPSA) is 30.7 Å². The molecule has 4 heteroatoms. The third kappa shape index (κ3) is 1.78. The maximum atomic E-state index is 4.03. The van der Waals surface area contributed by atoms with E-state index in [0.717, 1.165) is 5.69 Å². The summed E-state index contributed by atoms with van der Waals surface area (Å²) < 4.78 is 1.72. The Balaban J connectivity index is 0.000000720. The predicted molar refractivity (Wildman–Crippen MR) is 40.2 cm³/mol. The van der Waals surface area contributed by atoms with Crippen LogP contribution in [0.4, 0.5) is 0 Å². The average molecular weight is 336 g/mol. The van der Waals surface area contributed by atoms with Crippen molar-refractivity contribution in [3.8, 4) is 5.69 Å². The average Bonchev–Trinajstić information content (AvgIpc) is 2.58. The number of pyridine rings is 1. The van der Waals surface area contributed by atoms with Crippen LogP contribution in [-0.4, -0.2) is 14.8 Å². The number of aromatic nitrogens is 3. The number of nitrogens with zero attached hydrogens (tertiary/aromatic N) is 3. The van der Waals surface area contributed by atoms with E-state index in [4.69, 9.17) is 0 Å². The molecule has 0 bridgehead atoms. The monoisotopic (exact) mass is 337 g/mol. The molecule has 0 aliphatic carbocycles. The van der Waals surface area contributed by atoms with Gasteiger partial charge < -0.3 is 4.98 Å². The van der Waals surface area contributed by atoms with Crippen molar-refractivity contribution < 1.29 is 20.1 Å². The summed E-state index contributed by atoms with van der Waals surface area (Å²) in [5, 5.41) is 4.03. The molecule has 2 rings (SSSR count). The van der Waals surface area contributed by atoms with Gasteiger partial charge in [-0.3, -0.25) is 4.68 Å². The molecule has 63 valence electrons. The SMILES string of the molecule is [Ir].[c-]1ccncc1-n1cccn1. The molecule has 0 spiro atoms. The first-order valence-electron chi connectivity index (χ1n) is 3.28. The van der Waals surface area contributed by atoms with Crippen LogP contribution in [0.15, 0.2) is 36.9 Å². The fraction of sp³-hybridized carbons (Fsp3) is 0. The standard InChI is InChI=1S/C8H6N3.Ir/c1-3-8(7-9-4-1)11-6-2-5-10-11;/h1-2,4-7H;/q-1;. The molecule has 0 saturated heterocycles. The van der Waals surface area contributed by atoms with E-state index >= 15 is 0 Å². The van der Waals surface area contributed by atoms with Gasteiger partial charge in [0, 0.05) is 32.5 Å². The van der Waals surface area contributed by atoms with E-state index in [9.17, 15) is 0 Å². The molecule has 0 atom stereocenters. The number of hydrogen-bond donors (Lipinski definition) is 0. The van der Waals surface area contributed by atoms with Crippen molar-refractivity contribution in [1.29, 1.82) is 0 Å². The van der Waals surface area contributed by atoms with Crippen molar-refractivity contribution in [2.45, 2.75) is 0 Å². The van der Waals surface area contributed by atoms with Crippen molar-refractivity contribution in [3.05, 3.63) is 43.0 Å². The molecule has 3 nitrogen and oxygen atoms in total. The van der Waals surface area contributed by atoms with Crippen LogP contribution >= 0.6 is 0 Å². The Kier molecular flexibility index (Phi) is 3.14. The minimum absolute atomic E-state index is 0. The van der Waals surface area contributed by atoms with Crippen LogP contribution in [0.2, 0.25) is 0 Å². The van der Waals surface area contributed by atoms with Gasteiger partial charge in [-0.1, -0.05) is 12.4 Å². The Morgan fingerprint density at radius 2 is 2.25 bits per heavy atom. The van der Waals surface area contributed by atoms with E-state index in [1.54, 1.807) is 29.3 Å². The second-order valence-corrected chi connectivity index (χ2v) is 2.07. The van der Waals surface area contributed by atoms with Crippen LogP contribution in [0, 0.1) is 6.07 Å². The van der Waals surface area contributed by atoms with Gasteiger partial charge >= 0.3 is 0 Å². The molecule has 0 unspecified atom stereocenters. The Hall–Kier alpha value is -0.991. The Morgan fingerprint density at radius 1 is 1.33 bits per heavy atom. The molecule has 2 aromatic heterocycles. The van der Waals surface area contributed by atoms with Crippen LogP contribution < -0.4 is 0 Å². The summed E-state index contributed by atoms with van der Waals surface area (Å²) >= 11 is 0. The number of hydrogen-bond acceptors (Lipinski definition) is 2. The summed E-state index contributed by atoms with van der Waals surface area (Å²) in [5.74, 6) is 0. The first-order chi connectivity index (χ1) is 5.47. The summed E-state index contributed by atoms with van der Waals surface area (Å²) in [7, 11) is 0. The quantitative estimate of drug-likeness (QED) is 0.730. The van der Waals surface area contributed by atoms with Crippen LogP contribution in [0.1, 0.15) is 0 Å². The third-order valence-electron chi connectivity index (χ3n) is 1.34. The molecular formula is C8H6IrN3-. The maximum Gasteiger partial charge on any atom is 0.0493 e. The van der Waals surface area contributed by atoms with E-state index in [-0.39, 0.29) is 20.1 Å². The fourth-order valence-electron chi connectivity index (χ4n) is 0.853. The van der Waals surface area contributed by atoms with Crippen molar-refractivity contribution >= 4 is 0 Å². The molecule has 2 heterocycles. The predicted octanol–water partition coefficient (Wildman–Crippen LogP) is 1.06. The van der Waals surface area contributed by atoms with Gasteiger partial charge in [-0.15, -0.1) is 0 Å². The summed E-state index contributed by atoms with van der Waals surface area (Å²) in [6.07, 6.45) is 6.98. The van der Waals surface area contributed by atoms with Crippen LogP contribution in [-0.2, 0) is 20.1 Å². The normalized spacial score (nSPS) is 9.00. The molecule has 0 aliphatic rings. The largest absolute Gasteiger partial charge is 0.389 e. The molecule has 1 radical (unpaired) electrons. The van der Waals surface area contributed by atoms with Gasteiger partial charge in [-0.05, 0) is 11.8 Å². The van der Waals surface area contributed by atoms with Gasteiger partial charge in [-0.2, -0.15) is 17.2 Å². The zero-order valence-corrected chi connectivity index (χ0v) is 8.53. The Bertz CT molecular complexity index is 317. The molecule has 2 aromatic rings. The second-order valence-electron chi connectivity index (χ2n) is 2.07. The Morgan fingerprint density at radius 3 is 2.83 bits per heavy atom. The zero-order valence-electron chi connectivity index (χ0n) is 6.14. The van der Waals surface area contributed by atoms with Crippen molar-refractivity contribution in [2.75, 3.05) is 0 Å².